The third-order valence-corrected chi connectivity index (χ3v) is 5.16. The zero-order chi connectivity index (χ0) is 18.8. The number of fused-ring (bicyclic) bond motifs is 1. The third kappa shape index (κ3) is 3.38. The molecule has 7 heteroatoms. The summed E-state index contributed by atoms with van der Waals surface area (Å²) in [6.07, 6.45) is 1.27. The average Bonchev–Trinajstić information content (AvgIpc) is 3.30. The van der Waals surface area contributed by atoms with Gasteiger partial charge in [-0.2, -0.15) is 5.10 Å². The van der Waals surface area contributed by atoms with E-state index in [4.69, 9.17) is 17.0 Å². The topological polar surface area (TPSA) is 63.1 Å². The Hall–Kier alpha value is -2.93. The van der Waals surface area contributed by atoms with Gasteiger partial charge in [-0.15, -0.1) is 0 Å². The van der Waals surface area contributed by atoms with Gasteiger partial charge >= 0.3 is 0 Å². The van der Waals surface area contributed by atoms with E-state index in [0.29, 0.717) is 17.7 Å². The van der Waals surface area contributed by atoms with E-state index in [1.54, 1.807) is 7.11 Å². The third-order valence-electron chi connectivity index (χ3n) is 4.84. The largest absolute Gasteiger partial charge is 0.497 e. The van der Waals surface area contributed by atoms with Crippen molar-refractivity contribution in [3.8, 4) is 17.1 Å². The number of rotatable bonds is 5. The van der Waals surface area contributed by atoms with Crippen LogP contribution in [-0.4, -0.2) is 34.3 Å². The Balaban J connectivity index is 1.51. The minimum Gasteiger partial charge on any atom is -0.497 e. The Labute approximate surface area is 162 Å². The van der Waals surface area contributed by atoms with Gasteiger partial charge in [0, 0.05) is 30.8 Å². The van der Waals surface area contributed by atoms with Crippen LogP contribution in [-0.2, 0) is 17.8 Å². The molecule has 0 atom stereocenters. The number of hydrogen-bond donors (Lipinski definition) is 1. The van der Waals surface area contributed by atoms with Crippen molar-refractivity contribution in [3.63, 3.8) is 0 Å². The summed E-state index contributed by atoms with van der Waals surface area (Å²) in [6.45, 7) is 1.22. The van der Waals surface area contributed by atoms with Gasteiger partial charge in [-0.1, -0.05) is 18.2 Å². The van der Waals surface area contributed by atoms with Gasteiger partial charge in [0.05, 0.1) is 7.11 Å². The quantitative estimate of drug-likeness (QED) is 0.687. The van der Waals surface area contributed by atoms with Gasteiger partial charge in [-0.3, -0.25) is 14.5 Å². The Morgan fingerprint density at radius 1 is 1.22 bits per heavy atom. The maximum atomic E-state index is 12.8. The molecule has 1 N–H and O–H groups in total. The molecule has 0 bridgehead atoms. The van der Waals surface area contributed by atoms with Crippen molar-refractivity contribution in [3.05, 3.63) is 58.9 Å². The number of aromatic nitrogens is 3. The lowest BCUT2D eigenvalue weighted by Crippen LogP contribution is -2.29. The molecule has 0 saturated heterocycles. The van der Waals surface area contributed by atoms with Crippen LogP contribution in [0.15, 0.2) is 48.5 Å². The van der Waals surface area contributed by atoms with Crippen LogP contribution in [0.25, 0.3) is 11.4 Å². The van der Waals surface area contributed by atoms with Crippen LogP contribution >= 0.6 is 12.2 Å². The summed E-state index contributed by atoms with van der Waals surface area (Å²) in [5.41, 5.74) is 3.17. The fourth-order valence-electron chi connectivity index (χ4n) is 3.43. The van der Waals surface area contributed by atoms with Crippen molar-refractivity contribution in [2.75, 3.05) is 18.6 Å². The lowest BCUT2D eigenvalue weighted by Gasteiger charge is -2.17. The Morgan fingerprint density at radius 2 is 2.00 bits per heavy atom. The van der Waals surface area contributed by atoms with E-state index >= 15 is 0 Å². The molecule has 1 amide bonds. The number of para-hydroxylation sites is 1. The van der Waals surface area contributed by atoms with Crippen molar-refractivity contribution in [1.82, 2.24) is 14.8 Å². The summed E-state index contributed by atoms with van der Waals surface area (Å²) in [5, 5.41) is 7.17. The molecule has 0 radical (unpaired) electrons. The highest BCUT2D eigenvalue weighted by atomic mass is 32.1. The fourth-order valence-corrected chi connectivity index (χ4v) is 3.65. The molecule has 0 fully saturated rings. The number of aromatic amines is 1. The van der Waals surface area contributed by atoms with E-state index < -0.39 is 0 Å². The first kappa shape index (κ1) is 17.5. The number of nitrogens with one attached hydrogen (secondary N) is 1. The second-order valence-corrected chi connectivity index (χ2v) is 6.79. The summed E-state index contributed by atoms with van der Waals surface area (Å²) >= 11 is 5.37. The number of H-pyrrole nitrogens is 1. The van der Waals surface area contributed by atoms with Gasteiger partial charge in [0.1, 0.15) is 5.75 Å². The number of nitrogens with zero attached hydrogens (tertiary/aromatic N) is 3. The lowest BCUT2D eigenvalue weighted by molar-refractivity contribution is -0.118. The maximum absolute atomic E-state index is 12.8. The zero-order valence-corrected chi connectivity index (χ0v) is 15.8. The first-order chi connectivity index (χ1) is 13.2. The standard InChI is InChI=1S/C20H20N4O2S/c1-26-16-8-6-15(7-9-16)19-21-22-20(27)24(19)13-11-18(25)23-12-10-14-4-2-3-5-17(14)23/h2-9H,10-13H2,1H3,(H,22,27). The van der Waals surface area contributed by atoms with E-state index in [2.05, 4.69) is 16.3 Å². The SMILES string of the molecule is COc1ccc(-c2n[nH]c(=S)n2CCC(=O)N2CCc3ccccc32)cc1. The van der Waals surface area contributed by atoms with Gasteiger partial charge in [-0.25, -0.2) is 0 Å². The Morgan fingerprint density at radius 3 is 2.78 bits per heavy atom. The molecule has 2 aromatic carbocycles. The molecule has 3 aromatic rings. The fraction of sp³-hybridized carbons (Fsp3) is 0.250. The van der Waals surface area contributed by atoms with Crippen LogP contribution < -0.4 is 9.64 Å². The predicted molar refractivity (Wildman–Crippen MR) is 107 cm³/mol. The van der Waals surface area contributed by atoms with Crippen LogP contribution in [0, 0.1) is 4.77 Å². The second kappa shape index (κ2) is 7.36. The number of ether oxygens (including phenoxy) is 1. The van der Waals surface area contributed by atoms with Gasteiger partial charge in [0.25, 0.3) is 0 Å². The molecule has 1 aliphatic rings. The highest BCUT2D eigenvalue weighted by Gasteiger charge is 2.24. The number of benzene rings is 2. The molecule has 2 heterocycles. The van der Waals surface area contributed by atoms with E-state index in [9.17, 15) is 4.79 Å². The van der Waals surface area contributed by atoms with Crippen LogP contribution in [0.2, 0.25) is 0 Å². The van der Waals surface area contributed by atoms with E-state index in [0.717, 1.165) is 35.8 Å². The molecule has 1 aromatic heterocycles. The monoisotopic (exact) mass is 380 g/mol. The van der Waals surface area contributed by atoms with Crippen LogP contribution in [0.4, 0.5) is 5.69 Å². The van der Waals surface area contributed by atoms with Crippen molar-refractivity contribution < 1.29 is 9.53 Å². The summed E-state index contributed by atoms with van der Waals surface area (Å²) in [7, 11) is 1.63. The summed E-state index contributed by atoms with van der Waals surface area (Å²) in [6, 6.07) is 15.7. The normalized spacial score (nSPS) is 12.9. The molecule has 138 valence electrons. The highest BCUT2D eigenvalue weighted by Crippen LogP contribution is 2.28. The molecular weight excluding hydrogens is 360 g/mol. The summed E-state index contributed by atoms with van der Waals surface area (Å²) in [4.78, 5) is 14.6. The number of anilines is 1. The number of hydrogen-bond acceptors (Lipinski definition) is 4. The molecule has 4 rings (SSSR count). The molecule has 0 unspecified atom stereocenters. The molecule has 0 spiro atoms. The van der Waals surface area contributed by atoms with Gasteiger partial charge < -0.3 is 9.64 Å². The number of amides is 1. The van der Waals surface area contributed by atoms with Crippen molar-refractivity contribution >= 4 is 23.8 Å². The Bertz CT molecular complexity index is 1020. The molecular formula is C20H20N4O2S. The molecule has 6 nitrogen and oxygen atoms in total. The van der Waals surface area contributed by atoms with Crippen LogP contribution in [0.5, 0.6) is 5.75 Å². The number of methoxy groups -OCH3 is 1. The smallest absolute Gasteiger partial charge is 0.228 e. The van der Waals surface area contributed by atoms with Crippen molar-refractivity contribution in [2.24, 2.45) is 0 Å². The van der Waals surface area contributed by atoms with Gasteiger partial charge in [0.15, 0.2) is 10.6 Å². The van der Waals surface area contributed by atoms with E-state index in [-0.39, 0.29) is 5.91 Å². The molecule has 0 saturated carbocycles. The summed E-state index contributed by atoms with van der Waals surface area (Å²) in [5.74, 6) is 1.60. The minimum atomic E-state index is 0.101. The molecule has 27 heavy (non-hydrogen) atoms. The van der Waals surface area contributed by atoms with Crippen molar-refractivity contribution in [2.45, 2.75) is 19.4 Å². The van der Waals surface area contributed by atoms with E-state index in [1.807, 2.05) is 51.9 Å². The number of carbonyl (C=O) groups is 1. The summed E-state index contributed by atoms with van der Waals surface area (Å²) < 4.78 is 7.58. The van der Waals surface area contributed by atoms with Gasteiger partial charge in [0.2, 0.25) is 5.91 Å². The second-order valence-electron chi connectivity index (χ2n) is 6.41. The lowest BCUT2D eigenvalue weighted by atomic mass is 10.2. The van der Waals surface area contributed by atoms with Crippen molar-refractivity contribution in [1.29, 1.82) is 0 Å². The predicted octanol–water partition coefficient (Wildman–Crippen LogP) is 3.60. The first-order valence-electron chi connectivity index (χ1n) is 8.85. The van der Waals surface area contributed by atoms with Crippen LogP contribution in [0.1, 0.15) is 12.0 Å². The zero-order valence-electron chi connectivity index (χ0n) is 15.0. The maximum Gasteiger partial charge on any atom is 0.228 e. The minimum absolute atomic E-state index is 0.101. The van der Waals surface area contributed by atoms with Crippen LogP contribution in [0.3, 0.4) is 0 Å². The highest BCUT2D eigenvalue weighted by molar-refractivity contribution is 7.71. The van der Waals surface area contributed by atoms with Gasteiger partial charge in [-0.05, 0) is 54.5 Å². The molecule has 0 aliphatic carbocycles. The molecule has 1 aliphatic heterocycles. The first-order valence-corrected chi connectivity index (χ1v) is 9.26. The average molecular weight is 380 g/mol. The van der Waals surface area contributed by atoms with E-state index in [1.165, 1.54) is 5.56 Å². The Kier molecular flexibility index (Phi) is 4.77. The number of carbonyl (C=O) groups excluding carboxylic acids is 1.